The van der Waals surface area contributed by atoms with Gasteiger partial charge in [0.1, 0.15) is 0 Å². The van der Waals surface area contributed by atoms with E-state index in [1.165, 1.54) is 21.9 Å². The smallest absolute Gasteiger partial charge is 0.0121 e. The molecule has 2 unspecified atom stereocenters. The van der Waals surface area contributed by atoms with Crippen LogP contribution in [-0.2, 0) is 10.8 Å². The maximum Gasteiger partial charge on any atom is 0.0121 e. The molecule has 18 heavy (non-hydrogen) atoms. The fourth-order valence-corrected chi connectivity index (χ4v) is 4.41. The Kier molecular flexibility index (Phi) is 2.73. The monoisotopic (exact) mass is 274 g/mol. The lowest BCUT2D eigenvalue weighted by molar-refractivity contribution is 0.337. The largest absolute Gasteiger partial charge is 0.178 e. The van der Waals surface area contributed by atoms with Crippen LogP contribution in [0.15, 0.2) is 36.4 Å². The lowest BCUT2D eigenvalue weighted by Crippen LogP contribution is -2.44. The second-order valence-electron chi connectivity index (χ2n) is 5.69. The van der Waals surface area contributed by atoms with Crippen molar-refractivity contribution in [1.82, 2.24) is 0 Å². The third kappa shape index (κ3) is 1.26. The van der Waals surface area contributed by atoms with E-state index in [4.69, 9.17) is 0 Å². The molecule has 0 heterocycles. The number of hydrogen-bond donors (Lipinski definition) is 2. The number of hydrogen-bond acceptors (Lipinski definition) is 2. The zero-order valence-electron chi connectivity index (χ0n) is 10.8. The average molecular weight is 274 g/mol. The summed E-state index contributed by atoms with van der Waals surface area (Å²) in [5, 5.41) is 2.76. The molecule has 3 rings (SSSR count). The molecule has 0 spiro atoms. The second-order valence-corrected chi connectivity index (χ2v) is 6.32. The van der Waals surface area contributed by atoms with Crippen LogP contribution in [0.1, 0.15) is 25.0 Å². The first kappa shape index (κ1) is 12.4. The summed E-state index contributed by atoms with van der Waals surface area (Å²) in [5.74, 6) is 1.69. The normalized spacial score (nSPS) is 30.0. The van der Waals surface area contributed by atoms with Crippen LogP contribution >= 0.6 is 25.3 Å². The summed E-state index contributed by atoms with van der Waals surface area (Å²) in [4.78, 5) is 0. The highest BCUT2D eigenvalue weighted by molar-refractivity contribution is 7.80. The zero-order valence-corrected chi connectivity index (χ0v) is 12.6. The number of rotatable bonds is 2. The fourth-order valence-electron chi connectivity index (χ4n) is 3.37. The Bertz CT molecular complexity index is 569. The Hall–Kier alpha value is -0.600. The van der Waals surface area contributed by atoms with Gasteiger partial charge in [-0.1, -0.05) is 50.2 Å². The molecule has 0 bridgehead atoms. The molecule has 94 valence electrons. The lowest BCUT2D eigenvalue weighted by atomic mass is 9.66. The summed E-state index contributed by atoms with van der Waals surface area (Å²) in [5.41, 5.74) is 2.98. The van der Waals surface area contributed by atoms with Crippen molar-refractivity contribution in [3.8, 4) is 0 Å². The van der Waals surface area contributed by atoms with Crippen molar-refractivity contribution in [3.05, 3.63) is 47.5 Å². The molecule has 0 aromatic heterocycles. The molecule has 0 radical (unpaired) electrons. The van der Waals surface area contributed by atoms with Crippen molar-refractivity contribution < 1.29 is 0 Å². The van der Waals surface area contributed by atoms with Crippen LogP contribution < -0.4 is 0 Å². The van der Waals surface area contributed by atoms with Crippen LogP contribution in [0.3, 0.4) is 0 Å². The van der Waals surface area contributed by atoms with Gasteiger partial charge in [0.2, 0.25) is 0 Å². The third-order valence-electron chi connectivity index (χ3n) is 4.94. The van der Waals surface area contributed by atoms with Crippen molar-refractivity contribution >= 4 is 36.0 Å². The van der Waals surface area contributed by atoms with Gasteiger partial charge in [-0.15, -0.1) is 0 Å². The van der Waals surface area contributed by atoms with Gasteiger partial charge in [-0.2, -0.15) is 25.3 Å². The fraction of sp³-hybridized carbons (Fsp3) is 0.375. The van der Waals surface area contributed by atoms with Crippen LogP contribution in [0.5, 0.6) is 0 Å². The number of benzene rings is 2. The Morgan fingerprint density at radius 3 is 1.67 bits per heavy atom. The van der Waals surface area contributed by atoms with E-state index in [0.717, 1.165) is 11.5 Å². The van der Waals surface area contributed by atoms with Gasteiger partial charge in [-0.25, -0.2) is 0 Å². The van der Waals surface area contributed by atoms with Crippen LogP contribution in [0.4, 0.5) is 0 Å². The van der Waals surface area contributed by atoms with Crippen molar-refractivity contribution in [2.45, 2.75) is 24.7 Å². The molecule has 0 saturated carbocycles. The Balaban J connectivity index is 2.47. The van der Waals surface area contributed by atoms with E-state index in [1.807, 2.05) is 0 Å². The minimum absolute atomic E-state index is 0.0566. The molecule has 0 amide bonds. The summed E-state index contributed by atoms with van der Waals surface area (Å²) in [6.45, 7) is 4.65. The quantitative estimate of drug-likeness (QED) is 0.752. The van der Waals surface area contributed by atoms with Crippen LogP contribution in [-0.4, -0.2) is 11.5 Å². The van der Waals surface area contributed by atoms with Gasteiger partial charge in [-0.3, -0.25) is 0 Å². The topological polar surface area (TPSA) is 0 Å². The molecule has 0 N–H and O–H groups in total. The molecule has 2 atom stereocenters. The van der Waals surface area contributed by atoms with Gasteiger partial charge < -0.3 is 0 Å². The minimum Gasteiger partial charge on any atom is -0.178 e. The molecule has 0 aliphatic heterocycles. The van der Waals surface area contributed by atoms with Gasteiger partial charge in [0, 0.05) is 22.3 Å². The Morgan fingerprint density at radius 1 is 0.833 bits per heavy atom. The van der Waals surface area contributed by atoms with E-state index >= 15 is 0 Å². The molecule has 1 aliphatic rings. The van der Waals surface area contributed by atoms with E-state index in [0.29, 0.717) is 0 Å². The highest BCUT2D eigenvalue weighted by Gasteiger charge is 2.51. The first-order chi connectivity index (χ1) is 8.58. The molecule has 0 nitrogen and oxygen atoms in total. The van der Waals surface area contributed by atoms with Crippen molar-refractivity contribution in [1.29, 1.82) is 0 Å². The summed E-state index contributed by atoms with van der Waals surface area (Å²) in [6, 6.07) is 13.2. The van der Waals surface area contributed by atoms with E-state index in [2.05, 4.69) is 75.5 Å². The molecular weight excluding hydrogens is 256 g/mol. The highest BCUT2D eigenvalue weighted by Crippen LogP contribution is 2.55. The first-order valence-electron chi connectivity index (χ1n) is 6.33. The maximum absolute atomic E-state index is 4.65. The second kappa shape index (κ2) is 3.94. The number of thiol groups is 2. The molecule has 2 aromatic rings. The van der Waals surface area contributed by atoms with Crippen LogP contribution in [0, 0.1) is 0 Å². The first-order valence-corrected chi connectivity index (χ1v) is 7.59. The standard InChI is InChI=1S/C16H18S2/c1-15(9-17)12-7-3-5-11-6-4-8-13(14(11)12)16(15,2)10-18/h3-8,17-18H,9-10H2,1-2H3. The summed E-state index contributed by atoms with van der Waals surface area (Å²) < 4.78 is 0. The third-order valence-corrected chi connectivity index (χ3v) is 6.21. The predicted molar refractivity (Wildman–Crippen MR) is 86.4 cm³/mol. The maximum atomic E-state index is 4.65. The average Bonchev–Trinajstić information content (AvgIpc) is 2.62. The highest BCUT2D eigenvalue weighted by atomic mass is 32.1. The lowest BCUT2D eigenvalue weighted by Gasteiger charge is -2.41. The predicted octanol–water partition coefficient (Wildman–Crippen LogP) is 4.23. The Morgan fingerprint density at radius 2 is 1.28 bits per heavy atom. The molecular formula is C16H18S2. The summed E-state index contributed by atoms with van der Waals surface area (Å²) in [6.07, 6.45) is 0. The van der Waals surface area contributed by atoms with Gasteiger partial charge in [-0.05, 0) is 21.9 Å². The SMILES string of the molecule is CC1(CS)c2cccc3cccc(c23)C1(C)CS. The molecule has 1 aliphatic carbocycles. The van der Waals surface area contributed by atoms with E-state index in [1.54, 1.807) is 0 Å². The molecule has 2 heteroatoms. The Labute approximate surface area is 120 Å². The van der Waals surface area contributed by atoms with Gasteiger partial charge in [0.25, 0.3) is 0 Å². The summed E-state index contributed by atoms with van der Waals surface area (Å²) >= 11 is 9.29. The van der Waals surface area contributed by atoms with E-state index < -0.39 is 0 Å². The molecule has 0 saturated heterocycles. The minimum atomic E-state index is 0.0566. The summed E-state index contributed by atoms with van der Waals surface area (Å²) in [7, 11) is 0. The van der Waals surface area contributed by atoms with Crippen LogP contribution in [0.25, 0.3) is 10.8 Å². The van der Waals surface area contributed by atoms with Crippen molar-refractivity contribution in [3.63, 3.8) is 0 Å². The molecule has 0 fully saturated rings. The zero-order chi connectivity index (χ0) is 13.0. The van der Waals surface area contributed by atoms with Crippen LogP contribution in [0.2, 0.25) is 0 Å². The van der Waals surface area contributed by atoms with Gasteiger partial charge in [0.15, 0.2) is 0 Å². The van der Waals surface area contributed by atoms with E-state index in [9.17, 15) is 0 Å². The van der Waals surface area contributed by atoms with Gasteiger partial charge in [0.05, 0.1) is 0 Å². The van der Waals surface area contributed by atoms with Crippen molar-refractivity contribution in [2.75, 3.05) is 11.5 Å². The molecule has 2 aromatic carbocycles. The van der Waals surface area contributed by atoms with E-state index in [-0.39, 0.29) is 10.8 Å². The van der Waals surface area contributed by atoms with Crippen molar-refractivity contribution in [2.24, 2.45) is 0 Å². The van der Waals surface area contributed by atoms with Gasteiger partial charge >= 0.3 is 0 Å².